The number of halogens is 1. The average Bonchev–Trinajstić information content (AvgIpc) is 3.14. The second-order valence-electron chi connectivity index (χ2n) is 6.10. The molecular formula is C19H18ClN3O5S. The molecule has 2 aromatic carbocycles. The quantitative estimate of drug-likeness (QED) is 0.578. The number of anilines is 1. The Morgan fingerprint density at radius 3 is 2.45 bits per heavy atom. The summed E-state index contributed by atoms with van der Waals surface area (Å²) in [6.07, 6.45) is 0.138. The van der Waals surface area contributed by atoms with E-state index in [2.05, 4.69) is 15.5 Å². The summed E-state index contributed by atoms with van der Waals surface area (Å²) in [6.45, 7) is 0. The molecule has 0 saturated heterocycles. The van der Waals surface area contributed by atoms with Gasteiger partial charge in [0.1, 0.15) is 5.75 Å². The smallest absolute Gasteiger partial charge is 0.322 e. The molecule has 1 amide bonds. The number of benzene rings is 2. The van der Waals surface area contributed by atoms with Crippen LogP contribution in [0.3, 0.4) is 0 Å². The Kier molecular flexibility index (Phi) is 6.50. The third-order valence-corrected chi connectivity index (χ3v) is 5.98. The zero-order chi connectivity index (χ0) is 20.9. The molecule has 0 radical (unpaired) electrons. The minimum absolute atomic E-state index is 0.0811. The van der Waals surface area contributed by atoms with E-state index in [1.807, 2.05) is 24.3 Å². The fourth-order valence-corrected chi connectivity index (χ4v) is 3.83. The molecule has 0 bridgehead atoms. The van der Waals surface area contributed by atoms with Gasteiger partial charge in [-0.2, -0.15) is 0 Å². The number of nitrogens with one attached hydrogen (secondary N) is 1. The number of aromatic nitrogens is 2. The number of hydrogen-bond donors (Lipinski definition) is 1. The van der Waals surface area contributed by atoms with Gasteiger partial charge in [0.2, 0.25) is 11.8 Å². The molecular weight excluding hydrogens is 418 g/mol. The van der Waals surface area contributed by atoms with E-state index in [1.54, 1.807) is 7.11 Å². The summed E-state index contributed by atoms with van der Waals surface area (Å²) < 4.78 is 35.0. The van der Waals surface area contributed by atoms with Crippen LogP contribution in [0, 0.1) is 0 Å². The van der Waals surface area contributed by atoms with E-state index in [9.17, 15) is 13.2 Å². The van der Waals surface area contributed by atoms with Gasteiger partial charge in [-0.05, 0) is 42.0 Å². The molecule has 0 atom stereocenters. The van der Waals surface area contributed by atoms with Crippen molar-refractivity contribution < 1.29 is 22.4 Å². The molecule has 0 unspecified atom stereocenters. The van der Waals surface area contributed by atoms with E-state index in [0.717, 1.165) is 11.3 Å². The molecule has 29 heavy (non-hydrogen) atoms. The van der Waals surface area contributed by atoms with Crippen LogP contribution in [0.25, 0.3) is 0 Å². The van der Waals surface area contributed by atoms with Gasteiger partial charge in [0.15, 0.2) is 9.84 Å². The lowest BCUT2D eigenvalue weighted by molar-refractivity contribution is -0.116. The van der Waals surface area contributed by atoms with Crippen molar-refractivity contribution in [2.45, 2.75) is 17.7 Å². The Balaban J connectivity index is 1.53. The molecule has 152 valence electrons. The average molecular weight is 436 g/mol. The Hall–Kier alpha value is -2.91. The number of rotatable bonds is 8. The van der Waals surface area contributed by atoms with Crippen molar-refractivity contribution in [3.8, 4) is 5.75 Å². The predicted octanol–water partition coefficient (Wildman–Crippen LogP) is 3.12. The number of ether oxygens (including phenoxy) is 1. The topological polar surface area (TPSA) is 111 Å². The van der Waals surface area contributed by atoms with Crippen molar-refractivity contribution in [1.82, 2.24) is 10.2 Å². The summed E-state index contributed by atoms with van der Waals surface area (Å²) in [4.78, 5) is 12.2. The SMILES string of the molecule is COc1ccc(Cc2nnc(NC(=O)CCS(=O)(=O)c3ccc(Cl)cc3)o2)cc1. The first-order chi connectivity index (χ1) is 13.9. The van der Waals surface area contributed by atoms with Gasteiger partial charge < -0.3 is 9.15 Å². The number of amides is 1. The first-order valence-corrected chi connectivity index (χ1v) is 10.6. The summed E-state index contributed by atoms with van der Waals surface area (Å²) in [5.41, 5.74) is 0.932. The van der Waals surface area contributed by atoms with Gasteiger partial charge in [-0.25, -0.2) is 8.42 Å². The maximum atomic E-state index is 12.3. The number of carbonyl (C=O) groups excluding carboxylic acids is 1. The van der Waals surface area contributed by atoms with Crippen molar-refractivity contribution in [2.75, 3.05) is 18.2 Å². The van der Waals surface area contributed by atoms with Crippen molar-refractivity contribution in [3.05, 3.63) is 65.0 Å². The van der Waals surface area contributed by atoms with Crippen molar-refractivity contribution in [1.29, 1.82) is 0 Å². The monoisotopic (exact) mass is 435 g/mol. The lowest BCUT2D eigenvalue weighted by atomic mass is 10.1. The Morgan fingerprint density at radius 2 is 1.79 bits per heavy atom. The largest absolute Gasteiger partial charge is 0.497 e. The van der Waals surface area contributed by atoms with Crippen LogP contribution < -0.4 is 10.1 Å². The second-order valence-corrected chi connectivity index (χ2v) is 8.64. The van der Waals surface area contributed by atoms with Crippen LogP contribution in [0.5, 0.6) is 5.75 Å². The molecule has 1 aromatic heterocycles. The van der Waals surface area contributed by atoms with Gasteiger partial charge in [0.05, 0.1) is 24.2 Å². The Bertz CT molecular complexity index is 1080. The van der Waals surface area contributed by atoms with Gasteiger partial charge in [-0.15, -0.1) is 5.10 Å². The fraction of sp³-hybridized carbons (Fsp3) is 0.211. The van der Waals surface area contributed by atoms with E-state index in [0.29, 0.717) is 17.3 Å². The van der Waals surface area contributed by atoms with Crippen molar-refractivity contribution >= 4 is 33.4 Å². The molecule has 0 spiro atoms. The van der Waals surface area contributed by atoms with Crippen LogP contribution in [0.1, 0.15) is 17.9 Å². The van der Waals surface area contributed by atoms with E-state index in [4.69, 9.17) is 20.8 Å². The molecule has 0 saturated carbocycles. The number of carbonyl (C=O) groups is 1. The van der Waals surface area contributed by atoms with Crippen LogP contribution in [-0.2, 0) is 21.1 Å². The highest BCUT2D eigenvalue weighted by Gasteiger charge is 2.18. The summed E-state index contributed by atoms with van der Waals surface area (Å²) >= 11 is 5.76. The van der Waals surface area contributed by atoms with Gasteiger partial charge in [0, 0.05) is 11.4 Å². The molecule has 3 rings (SSSR count). The molecule has 0 aliphatic rings. The number of methoxy groups -OCH3 is 1. The fourth-order valence-electron chi connectivity index (χ4n) is 2.46. The first-order valence-electron chi connectivity index (χ1n) is 8.59. The third-order valence-electron chi connectivity index (χ3n) is 4.00. The summed E-state index contributed by atoms with van der Waals surface area (Å²) in [7, 11) is -2.02. The minimum Gasteiger partial charge on any atom is -0.497 e. The summed E-state index contributed by atoms with van der Waals surface area (Å²) in [5.74, 6) is 0.162. The summed E-state index contributed by atoms with van der Waals surface area (Å²) in [5, 5.41) is 10.5. The normalized spacial score (nSPS) is 11.2. The van der Waals surface area contributed by atoms with Gasteiger partial charge in [0.25, 0.3) is 0 Å². The molecule has 1 heterocycles. The highest BCUT2D eigenvalue weighted by atomic mass is 35.5. The molecule has 10 heteroatoms. The van der Waals surface area contributed by atoms with E-state index in [-0.39, 0.29) is 23.1 Å². The van der Waals surface area contributed by atoms with Crippen LogP contribution >= 0.6 is 11.6 Å². The van der Waals surface area contributed by atoms with Crippen LogP contribution in [0.2, 0.25) is 5.02 Å². The predicted molar refractivity (Wildman–Crippen MR) is 107 cm³/mol. The maximum Gasteiger partial charge on any atom is 0.322 e. The van der Waals surface area contributed by atoms with E-state index < -0.39 is 15.7 Å². The number of hydrogen-bond acceptors (Lipinski definition) is 7. The van der Waals surface area contributed by atoms with Gasteiger partial charge >= 0.3 is 6.01 Å². The number of sulfone groups is 1. The standard InChI is InChI=1S/C19H18ClN3O5S/c1-27-15-6-2-13(3-7-15)12-18-22-23-19(28-18)21-17(24)10-11-29(25,26)16-8-4-14(20)5-9-16/h2-9H,10-12H2,1H3,(H,21,23,24). The highest BCUT2D eigenvalue weighted by molar-refractivity contribution is 7.91. The zero-order valence-electron chi connectivity index (χ0n) is 15.5. The maximum absolute atomic E-state index is 12.3. The van der Waals surface area contributed by atoms with Crippen LogP contribution in [0.15, 0.2) is 57.8 Å². The molecule has 1 N–H and O–H groups in total. The Labute approximate surface area is 172 Å². The molecule has 0 aliphatic heterocycles. The lowest BCUT2D eigenvalue weighted by Gasteiger charge is -2.04. The number of nitrogens with zero attached hydrogens (tertiary/aromatic N) is 2. The summed E-state index contributed by atoms with van der Waals surface area (Å²) in [6, 6.07) is 13.0. The molecule has 0 aliphatic carbocycles. The molecule has 8 nitrogen and oxygen atoms in total. The van der Waals surface area contributed by atoms with Crippen LogP contribution in [-0.4, -0.2) is 37.4 Å². The second kappa shape index (κ2) is 9.06. The van der Waals surface area contributed by atoms with Gasteiger partial charge in [-0.1, -0.05) is 28.8 Å². The Morgan fingerprint density at radius 1 is 1.10 bits per heavy atom. The van der Waals surface area contributed by atoms with Crippen LogP contribution in [0.4, 0.5) is 6.01 Å². The molecule has 3 aromatic rings. The van der Waals surface area contributed by atoms with Gasteiger partial charge in [-0.3, -0.25) is 10.1 Å². The van der Waals surface area contributed by atoms with Crippen molar-refractivity contribution in [2.24, 2.45) is 0 Å². The minimum atomic E-state index is -3.60. The molecule has 0 fully saturated rings. The first kappa shape index (κ1) is 20.8. The van der Waals surface area contributed by atoms with Crippen molar-refractivity contribution in [3.63, 3.8) is 0 Å². The third kappa shape index (κ3) is 5.78. The van der Waals surface area contributed by atoms with E-state index >= 15 is 0 Å². The highest BCUT2D eigenvalue weighted by Crippen LogP contribution is 2.17. The zero-order valence-corrected chi connectivity index (χ0v) is 17.0. The lowest BCUT2D eigenvalue weighted by Crippen LogP contribution is -2.17. The van der Waals surface area contributed by atoms with E-state index in [1.165, 1.54) is 24.3 Å².